The first-order valence-electron chi connectivity index (χ1n) is 10.7. The summed E-state index contributed by atoms with van der Waals surface area (Å²) in [5.41, 5.74) is 3.01. The first-order chi connectivity index (χ1) is 12.0. The van der Waals surface area contributed by atoms with Crippen molar-refractivity contribution in [2.45, 2.75) is 125 Å². The molecule has 0 radical (unpaired) electrons. The van der Waals surface area contributed by atoms with Gasteiger partial charge < -0.3 is 9.47 Å². The van der Waals surface area contributed by atoms with Gasteiger partial charge in [0, 0.05) is 6.42 Å². The Hall–Kier alpha value is -0.600. The smallest absolute Gasteiger partial charge is 0.166 e. The molecule has 0 rings (SSSR count). The second-order valence-electron chi connectivity index (χ2n) is 8.93. The normalized spacial score (nSPS) is 14.2. The highest BCUT2D eigenvalue weighted by Gasteiger charge is 2.27. The molecule has 0 aliphatic rings. The Morgan fingerprint density at radius 1 is 0.808 bits per heavy atom. The third kappa shape index (κ3) is 14.6. The van der Waals surface area contributed by atoms with Gasteiger partial charge in [0.05, 0.1) is 12.2 Å². The Morgan fingerprint density at radius 3 is 1.81 bits per heavy atom. The average Bonchev–Trinajstić information content (AvgIpc) is 2.44. The van der Waals surface area contributed by atoms with Gasteiger partial charge in [-0.1, -0.05) is 43.6 Å². The molecule has 26 heavy (non-hydrogen) atoms. The van der Waals surface area contributed by atoms with Gasteiger partial charge in [0.2, 0.25) is 0 Å². The number of hydrogen-bond acceptors (Lipinski definition) is 2. The van der Waals surface area contributed by atoms with E-state index in [1.807, 2.05) is 0 Å². The van der Waals surface area contributed by atoms with Gasteiger partial charge in [-0.2, -0.15) is 0 Å². The minimum absolute atomic E-state index is 0.174. The van der Waals surface area contributed by atoms with Crippen LogP contribution in [0.3, 0.4) is 0 Å². The lowest BCUT2D eigenvalue weighted by Crippen LogP contribution is -2.37. The van der Waals surface area contributed by atoms with Gasteiger partial charge in [-0.15, -0.1) is 0 Å². The van der Waals surface area contributed by atoms with Crippen molar-refractivity contribution in [1.29, 1.82) is 0 Å². The first-order valence-corrected chi connectivity index (χ1v) is 10.7. The Balaban J connectivity index is 4.29. The van der Waals surface area contributed by atoms with Crippen LogP contribution in [0.5, 0.6) is 0 Å². The summed E-state index contributed by atoms with van der Waals surface area (Å²) in [4.78, 5) is 0. The molecule has 0 aromatic carbocycles. The first kappa shape index (κ1) is 25.4. The van der Waals surface area contributed by atoms with Crippen molar-refractivity contribution in [1.82, 2.24) is 0 Å². The van der Waals surface area contributed by atoms with Gasteiger partial charge in [-0.25, -0.2) is 0 Å². The molecule has 2 heteroatoms. The SMILES string of the molecule is C/C(=C\CCC(C)(OC(C)C)OC(C)C)CC/C=C(\C)CCCC(C)C. The van der Waals surface area contributed by atoms with Crippen LogP contribution in [-0.4, -0.2) is 18.0 Å². The zero-order valence-corrected chi connectivity index (χ0v) is 19.2. The van der Waals surface area contributed by atoms with Crippen LogP contribution in [0.1, 0.15) is 107 Å². The maximum atomic E-state index is 6.04. The maximum absolute atomic E-state index is 6.04. The fraction of sp³-hybridized carbons (Fsp3) is 0.833. The van der Waals surface area contributed by atoms with Crippen LogP contribution >= 0.6 is 0 Å². The summed E-state index contributed by atoms with van der Waals surface area (Å²) in [7, 11) is 0. The predicted octanol–water partition coefficient (Wildman–Crippen LogP) is 7.83. The lowest BCUT2D eigenvalue weighted by Gasteiger charge is -2.33. The molecule has 0 aliphatic carbocycles. The van der Waals surface area contributed by atoms with E-state index >= 15 is 0 Å². The van der Waals surface area contributed by atoms with E-state index < -0.39 is 5.79 Å². The van der Waals surface area contributed by atoms with Crippen molar-refractivity contribution in [2.24, 2.45) is 5.92 Å². The molecule has 0 bridgehead atoms. The lowest BCUT2D eigenvalue weighted by molar-refractivity contribution is -0.260. The van der Waals surface area contributed by atoms with Crippen molar-refractivity contribution >= 4 is 0 Å². The van der Waals surface area contributed by atoms with Gasteiger partial charge in [0.1, 0.15) is 0 Å². The number of rotatable bonds is 14. The monoisotopic (exact) mass is 366 g/mol. The summed E-state index contributed by atoms with van der Waals surface area (Å²) in [5.74, 6) is 0.324. The average molecular weight is 367 g/mol. The van der Waals surface area contributed by atoms with Crippen molar-refractivity contribution in [3.63, 3.8) is 0 Å². The van der Waals surface area contributed by atoms with Crippen LogP contribution in [0, 0.1) is 5.92 Å². The van der Waals surface area contributed by atoms with Crippen molar-refractivity contribution in [3.8, 4) is 0 Å². The van der Waals surface area contributed by atoms with Crippen molar-refractivity contribution in [3.05, 3.63) is 23.3 Å². The second-order valence-corrected chi connectivity index (χ2v) is 8.93. The highest BCUT2D eigenvalue weighted by atomic mass is 16.7. The molecular formula is C24H46O2. The molecule has 0 aromatic heterocycles. The lowest BCUT2D eigenvalue weighted by atomic mass is 10.0. The zero-order valence-electron chi connectivity index (χ0n) is 19.2. The third-order valence-corrected chi connectivity index (χ3v) is 4.45. The summed E-state index contributed by atoms with van der Waals surface area (Å²) in [6, 6.07) is 0. The predicted molar refractivity (Wildman–Crippen MR) is 116 cm³/mol. The van der Waals surface area contributed by atoms with Gasteiger partial charge in [-0.05, 0) is 86.5 Å². The van der Waals surface area contributed by atoms with Crippen LogP contribution in [0.15, 0.2) is 23.3 Å². The number of allylic oxidation sites excluding steroid dienone is 4. The van der Waals surface area contributed by atoms with E-state index in [0.717, 1.165) is 31.6 Å². The van der Waals surface area contributed by atoms with Crippen LogP contribution in [0.25, 0.3) is 0 Å². The van der Waals surface area contributed by atoms with Crippen LogP contribution in [0.4, 0.5) is 0 Å². The second kappa shape index (κ2) is 13.6. The molecule has 0 aromatic rings. The fourth-order valence-corrected chi connectivity index (χ4v) is 3.26. The molecule has 0 N–H and O–H groups in total. The number of ether oxygens (including phenoxy) is 2. The van der Waals surface area contributed by atoms with Crippen molar-refractivity contribution < 1.29 is 9.47 Å². The molecule has 0 spiro atoms. The summed E-state index contributed by atoms with van der Waals surface area (Å²) in [6.45, 7) is 19.5. The van der Waals surface area contributed by atoms with Gasteiger partial charge >= 0.3 is 0 Å². The summed E-state index contributed by atoms with van der Waals surface area (Å²) in [6.07, 6.45) is 13.2. The molecule has 0 atom stereocenters. The Morgan fingerprint density at radius 2 is 1.31 bits per heavy atom. The Kier molecular flexibility index (Phi) is 13.2. The van der Waals surface area contributed by atoms with Gasteiger partial charge in [0.25, 0.3) is 0 Å². The quantitative estimate of drug-likeness (QED) is 0.230. The molecule has 0 saturated carbocycles. The van der Waals surface area contributed by atoms with E-state index in [2.05, 4.69) is 74.5 Å². The van der Waals surface area contributed by atoms with Crippen LogP contribution in [-0.2, 0) is 9.47 Å². The van der Waals surface area contributed by atoms with E-state index in [-0.39, 0.29) is 12.2 Å². The van der Waals surface area contributed by atoms with E-state index in [1.165, 1.54) is 24.8 Å². The molecule has 0 amide bonds. The van der Waals surface area contributed by atoms with E-state index in [4.69, 9.17) is 9.47 Å². The topological polar surface area (TPSA) is 18.5 Å². The zero-order chi connectivity index (χ0) is 20.2. The summed E-state index contributed by atoms with van der Waals surface area (Å²) >= 11 is 0. The molecule has 0 heterocycles. The summed E-state index contributed by atoms with van der Waals surface area (Å²) < 4.78 is 12.1. The molecule has 0 saturated heterocycles. The molecular weight excluding hydrogens is 320 g/mol. The van der Waals surface area contributed by atoms with E-state index in [0.29, 0.717) is 0 Å². The van der Waals surface area contributed by atoms with E-state index in [1.54, 1.807) is 5.57 Å². The third-order valence-electron chi connectivity index (χ3n) is 4.45. The van der Waals surface area contributed by atoms with E-state index in [9.17, 15) is 0 Å². The standard InChI is InChI=1S/C24H46O2/c1-19(2)13-10-14-22(7)15-11-16-23(8)17-12-18-24(9,25-20(3)4)26-21(5)6/h15,17,19-21H,10-14,16,18H2,1-9H3/b22-15+,23-17+. The highest BCUT2D eigenvalue weighted by molar-refractivity contribution is 5.03. The van der Waals surface area contributed by atoms with Crippen LogP contribution in [0.2, 0.25) is 0 Å². The minimum Gasteiger partial charge on any atom is -0.348 e. The Labute approximate surface area is 164 Å². The Bertz CT molecular complexity index is 406. The molecule has 2 nitrogen and oxygen atoms in total. The summed E-state index contributed by atoms with van der Waals surface area (Å²) in [5, 5.41) is 0. The van der Waals surface area contributed by atoms with Crippen LogP contribution < -0.4 is 0 Å². The van der Waals surface area contributed by atoms with Crippen molar-refractivity contribution in [2.75, 3.05) is 0 Å². The number of hydrogen-bond donors (Lipinski definition) is 0. The fourth-order valence-electron chi connectivity index (χ4n) is 3.26. The minimum atomic E-state index is -0.494. The van der Waals surface area contributed by atoms with Gasteiger partial charge in [-0.3, -0.25) is 0 Å². The molecule has 0 unspecified atom stereocenters. The molecule has 0 fully saturated rings. The molecule has 154 valence electrons. The van der Waals surface area contributed by atoms with Gasteiger partial charge in [0.15, 0.2) is 5.79 Å². The largest absolute Gasteiger partial charge is 0.348 e. The maximum Gasteiger partial charge on any atom is 0.166 e. The molecule has 0 aliphatic heterocycles. The highest BCUT2D eigenvalue weighted by Crippen LogP contribution is 2.24.